The van der Waals surface area contributed by atoms with Crippen molar-refractivity contribution in [1.82, 2.24) is 5.32 Å². The normalized spacial score (nSPS) is 14.1. The van der Waals surface area contributed by atoms with Crippen LogP contribution in [0.25, 0.3) is 6.08 Å². The van der Waals surface area contributed by atoms with E-state index in [0.29, 0.717) is 6.04 Å². The minimum atomic E-state index is 0.410. The molecule has 0 aliphatic rings. The Labute approximate surface area is 108 Å². The fourth-order valence-electron chi connectivity index (χ4n) is 1.22. The maximum absolute atomic E-state index is 3.50. The van der Waals surface area contributed by atoms with E-state index in [1.807, 2.05) is 13.1 Å². The standard InChI is InChI=1S/C12H15Br2N/c1-8(9(2)15-3)6-10-4-5-11(13)12(14)7-10/h4-7,9,15H,1-3H3/b8-6+. The molecule has 0 aromatic heterocycles. The summed E-state index contributed by atoms with van der Waals surface area (Å²) in [5.74, 6) is 0. The van der Waals surface area contributed by atoms with Gasteiger partial charge in [-0.2, -0.15) is 0 Å². The average molecular weight is 333 g/mol. The minimum absolute atomic E-state index is 0.410. The average Bonchev–Trinajstić information content (AvgIpc) is 2.22. The summed E-state index contributed by atoms with van der Waals surface area (Å²) < 4.78 is 2.17. The SMILES string of the molecule is CNC(C)/C(C)=C/c1ccc(Br)c(Br)c1. The van der Waals surface area contributed by atoms with E-state index in [9.17, 15) is 0 Å². The molecule has 0 heterocycles. The Morgan fingerprint density at radius 3 is 2.53 bits per heavy atom. The van der Waals surface area contributed by atoms with Crippen LogP contribution in [0, 0.1) is 0 Å². The third kappa shape index (κ3) is 3.74. The maximum atomic E-state index is 3.50. The zero-order chi connectivity index (χ0) is 11.4. The molecular formula is C12H15Br2N. The van der Waals surface area contributed by atoms with Crippen LogP contribution < -0.4 is 5.32 Å². The molecule has 1 N–H and O–H groups in total. The van der Waals surface area contributed by atoms with Gasteiger partial charge in [0.2, 0.25) is 0 Å². The molecule has 0 spiro atoms. The second-order valence-corrected chi connectivity index (χ2v) is 5.28. The number of likely N-dealkylation sites (N-methyl/N-ethyl adjacent to an activating group) is 1. The lowest BCUT2D eigenvalue weighted by molar-refractivity contribution is 0.696. The molecule has 1 aromatic rings. The van der Waals surface area contributed by atoms with Crippen molar-refractivity contribution in [2.75, 3.05) is 7.05 Å². The molecular weight excluding hydrogens is 318 g/mol. The van der Waals surface area contributed by atoms with E-state index in [1.54, 1.807) is 0 Å². The predicted octanol–water partition coefficient (Wildman–Crippen LogP) is 4.22. The van der Waals surface area contributed by atoms with Gasteiger partial charge in [0.25, 0.3) is 0 Å². The third-order valence-corrected chi connectivity index (χ3v) is 4.33. The van der Waals surface area contributed by atoms with Crippen LogP contribution in [0.1, 0.15) is 19.4 Å². The number of hydrogen-bond donors (Lipinski definition) is 1. The summed E-state index contributed by atoms with van der Waals surface area (Å²) in [6.45, 7) is 4.29. The molecule has 0 aliphatic carbocycles. The summed E-state index contributed by atoms with van der Waals surface area (Å²) in [6.07, 6.45) is 2.19. The van der Waals surface area contributed by atoms with Crippen molar-refractivity contribution in [3.63, 3.8) is 0 Å². The van der Waals surface area contributed by atoms with Crippen LogP contribution in [-0.4, -0.2) is 13.1 Å². The lowest BCUT2D eigenvalue weighted by atomic mass is 10.1. The summed E-state index contributed by atoms with van der Waals surface area (Å²) in [4.78, 5) is 0. The molecule has 0 saturated heterocycles. The fraction of sp³-hybridized carbons (Fsp3) is 0.333. The maximum Gasteiger partial charge on any atom is 0.0323 e. The molecule has 1 nitrogen and oxygen atoms in total. The molecule has 1 unspecified atom stereocenters. The fourth-order valence-corrected chi connectivity index (χ4v) is 1.86. The van der Waals surface area contributed by atoms with Crippen molar-refractivity contribution in [3.05, 3.63) is 38.3 Å². The van der Waals surface area contributed by atoms with E-state index < -0.39 is 0 Å². The first-order valence-electron chi connectivity index (χ1n) is 4.85. The van der Waals surface area contributed by atoms with Crippen LogP contribution >= 0.6 is 31.9 Å². The lowest BCUT2D eigenvalue weighted by Gasteiger charge is -2.10. The Balaban J connectivity index is 2.93. The number of hydrogen-bond acceptors (Lipinski definition) is 1. The van der Waals surface area contributed by atoms with Gasteiger partial charge in [0.05, 0.1) is 0 Å². The Morgan fingerprint density at radius 2 is 2.00 bits per heavy atom. The highest BCUT2D eigenvalue weighted by atomic mass is 79.9. The van der Waals surface area contributed by atoms with E-state index in [4.69, 9.17) is 0 Å². The van der Waals surface area contributed by atoms with Gasteiger partial charge in [-0.3, -0.25) is 0 Å². The van der Waals surface area contributed by atoms with Gasteiger partial charge in [-0.25, -0.2) is 0 Å². The molecule has 1 rings (SSSR count). The van der Waals surface area contributed by atoms with Crippen LogP contribution in [0.2, 0.25) is 0 Å². The topological polar surface area (TPSA) is 12.0 Å². The smallest absolute Gasteiger partial charge is 0.0323 e. The van der Waals surface area contributed by atoms with Crippen LogP contribution in [-0.2, 0) is 0 Å². The molecule has 82 valence electrons. The number of nitrogens with one attached hydrogen (secondary N) is 1. The molecule has 0 radical (unpaired) electrons. The van der Waals surface area contributed by atoms with Gasteiger partial charge in [0.1, 0.15) is 0 Å². The van der Waals surface area contributed by atoms with E-state index in [2.05, 4.69) is 69.2 Å². The molecule has 3 heteroatoms. The van der Waals surface area contributed by atoms with Crippen LogP contribution in [0.4, 0.5) is 0 Å². The number of halogens is 2. The summed E-state index contributed by atoms with van der Waals surface area (Å²) >= 11 is 6.96. The van der Waals surface area contributed by atoms with Crippen molar-refractivity contribution in [1.29, 1.82) is 0 Å². The van der Waals surface area contributed by atoms with Crippen molar-refractivity contribution in [2.24, 2.45) is 0 Å². The van der Waals surface area contributed by atoms with Gasteiger partial charge in [0.15, 0.2) is 0 Å². The van der Waals surface area contributed by atoms with Crippen molar-refractivity contribution in [3.8, 4) is 0 Å². The zero-order valence-electron chi connectivity index (χ0n) is 9.14. The molecule has 1 aromatic carbocycles. The highest BCUT2D eigenvalue weighted by Gasteiger charge is 2.01. The van der Waals surface area contributed by atoms with E-state index >= 15 is 0 Å². The highest BCUT2D eigenvalue weighted by molar-refractivity contribution is 9.13. The first-order valence-corrected chi connectivity index (χ1v) is 6.43. The van der Waals surface area contributed by atoms with Crippen LogP contribution in [0.5, 0.6) is 0 Å². The Kier molecular flexibility index (Phi) is 5.03. The third-order valence-electron chi connectivity index (χ3n) is 2.45. The van der Waals surface area contributed by atoms with Crippen molar-refractivity contribution < 1.29 is 0 Å². The summed E-state index contributed by atoms with van der Waals surface area (Å²) in [5.41, 5.74) is 2.54. The quantitative estimate of drug-likeness (QED) is 0.873. The van der Waals surface area contributed by atoms with E-state index in [0.717, 1.165) is 8.95 Å². The zero-order valence-corrected chi connectivity index (χ0v) is 12.3. The van der Waals surface area contributed by atoms with Gasteiger partial charge in [-0.05, 0) is 70.5 Å². The molecule has 0 saturated carbocycles. The van der Waals surface area contributed by atoms with Gasteiger partial charge >= 0.3 is 0 Å². The number of benzene rings is 1. The molecule has 0 amide bonds. The predicted molar refractivity (Wildman–Crippen MR) is 74.0 cm³/mol. The molecule has 0 aliphatic heterocycles. The lowest BCUT2D eigenvalue weighted by Crippen LogP contribution is -2.21. The monoisotopic (exact) mass is 331 g/mol. The van der Waals surface area contributed by atoms with Crippen molar-refractivity contribution in [2.45, 2.75) is 19.9 Å². The largest absolute Gasteiger partial charge is 0.314 e. The van der Waals surface area contributed by atoms with E-state index in [1.165, 1.54) is 11.1 Å². The molecule has 0 fully saturated rings. The second kappa shape index (κ2) is 5.83. The summed E-state index contributed by atoms with van der Waals surface area (Å²) in [7, 11) is 1.97. The van der Waals surface area contributed by atoms with Gasteiger partial charge in [-0.15, -0.1) is 0 Å². The minimum Gasteiger partial charge on any atom is -0.314 e. The van der Waals surface area contributed by atoms with Gasteiger partial charge < -0.3 is 5.32 Å². The Bertz CT molecular complexity index is 372. The van der Waals surface area contributed by atoms with Crippen LogP contribution in [0.3, 0.4) is 0 Å². The Hall–Kier alpha value is -0.120. The first kappa shape index (κ1) is 12.9. The molecule has 15 heavy (non-hydrogen) atoms. The highest BCUT2D eigenvalue weighted by Crippen LogP contribution is 2.24. The summed E-state index contributed by atoms with van der Waals surface area (Å²) in [6, 6.07) is 6.66. The van der Waals surface area contributed by atoms with E-state index in [-0.39, 0.29) is 0 Å². The first-order chi connectivity index (χ1) is 7.04. The van der Waals surface area contributed by atoms with Crippen molar-refractivity contribution >= 4 is 37.9 Å². The van der Waals surface area contributed by atoms with Crippen LogP contribution in [0.15, 0.2) is 32.7 Å². The second-order valence-electron chi connectivity index (χ2n) is 3.57. The Morgan fingerprint density at radius 1 is 1.33 bits per heavy atom. The summed E-state index contributed by atoms with van der Waals surface area (Å²) in [5, 5.41) is 3.22. The van der Waals surface area contributed by atoms with Gasteiger partial charge in [-0.1, -0.05) is 17.7 Å². The number of rotatable bonds is 3. The van der Waals surface area contributed by atoms with Gasteiger partial charge in [0, 0.05) is 15.0 Å². The molecule has 1 atom stereocenters. The molecule has 0 bridgehead atoms.